The number of ether oxygens (including phenoxy) is 2. The topological polar surface area (TPSA) is 88.1 Å². The summed E-state index contributed by atoms with van der Waals surface area (Å²) in [4.78, 5) is 25.7. The second-order valence-electron chi connectivity index (χ2n) is 6.37. The fourth-order valence-corrected chi connectivity index (χ4v) is 3.35. The molecular formula is C18H24N2O5. The van der Waals surface area contributed by atoms with Crippen molar-refractivity contribution in [1.29, 1.82) is 0 Å². The Balaban J connectivity index is 1.67. The van der Waals surface area contributed by atoms with Crippen molar-refractivity contribution in [3.8, 4) is 11.5 Å². The summed E-state index contributed by atoms with van der Waals surface area (Å²) in [6, 6.07) is 5.17. The number of piperidine rings is 1. The summed E-state index contributed by atoms with van der Waals surface area (Å²) in [6.45, 7) is 4.43. The van der Waals surface area contributed by atoms with Crippen LogP contribution < -0.4 is 14.8 Å². The molecule has 1 amide bonds. The molecule has 2 heterocycles. The van der Waals surface area contributed by atoms with Gasteiger partial charge in [0.2, 0.25) is 5.91 Å². The van der Waals surface area contributed by atoms with Gasteiger partial charge in [-0.3, -0.25) is 9.59 Å². The largest absolute Gasteiger partial charge is 0.486 e. The maximum atomic E-state index is 12.8. The zero-order valence-electron chi connectivity index (χ0n) is 14.4. The first-order valence-corrected chi connectivity index (χ1v) is 8.72. The van der Waals surface area contributed by atoms with Crippen molar-refractivity contribution in [2.45, 2.75) is 32.4 Å². The maximum absolute atomic E-state index is 12.8. The van der Waals surface area contributed by atoms with Crippen LogP contribution in [0.3, 0.4) is 0 Å². The van der Waals surface area contributed by atoms with Crippen LogP contribution in [0.1, 0.15) is 25.3 Å². The molecule has 1 aromatic rings. The molecule has 2 unspecified atom stereocenters. The Bertz CT molecular complexity index is 640. The third-order valence-electron chi connectivity index (χ3n) is 4.76. The molecule has 2 aliphatic rings. The Morgan fingerprint density at radius 2 is 2.08 bits per heavy atom. The van der Waals surface area contributed by atoms with Crippen molar-refractivity contribution in [1.82, 2.24) is 10.2 Å². The molecule has 7 nitrogen and oxygen atoms in total. The zero-order valence-corrected chi connectivity index (χ0v) is 14.4. The van der Waals surface area contributed by atoms with E-state index in [0.29, 0.717) is 51.4 Å². The lowest BCUT2D eigenvalue weighted by atomic mass is 9.93. The fourth-order valence-electron chi connectivity index (χ4n) is 3.35. The molecule has 0 aliphatic carbocycles. The number of hydrogen-bond donors (Lipinski definition) is 2. The normalized spacial score (nSPS) is 22.3. The molecule has 2 aliphatic heterocycles. The van der Waals surface area contributed by atoms with Gasteiger partial charge in [-0.2, -0.15) is 0 Å². The quantitative estimate of drug-likeness (QED) is 0.833. The van der Waals surface area contributed by atoms with E-state index in [2.05, 4.69) is 5.32 Å². The molecule has 1 fully saturated rings. The van der Waals surface area contributed by atoms with E-state index in [1.54, 1.807) is 4.90 Å². The predicted octanol–water partition coefficient (Wildman–Crippen LogP) is 1.26. The van der Waals surface area contributed by atoms with Gasteiger partial charge in [0.25, 0.3) is 0 Å². The van der Waals surface area contributed by atoms with E-state index in [4.69, 9.17) is 14.6 Å². The number of carboxylic acid groups (broad SMARTS) is 1. The molecule has 7 heteroatoms. The van der Waals surface area contributed by atoms with E-state index < -0.39 is 12.0 Å². The van der Waals surface area contributed by atoms with Crippen LogP contribution in [0.15, 0.2) is 18.2 Å². The number of carbonyl (C=O) groups excluding carboxylic acids is 1. The molecule has 25 heavy (non-hydrogen) atoms. The SMILES string of the molecule is CCN(Cc1cccc2c1OCCO2)C(=O)C1CCC(C(=O)O)NC1. The van der Waals surface area contributed by atoms with Crippen LogP contribution in [0.4, 0.5) is 0 Å². The van der Waals surface area contributed by atoms with Crippen LogP contribution in [0.2, 0.25) is 0 Å². The van der Waals surface area contributed by atoms with Gasteiger partial charge >= 0.3 is 5.97 Å². The number of para-hydroxylation sites is 1. The summed E-state index contributed by atoms with van der Waals surface area (Å²) >= 11 is 0. The highest BCUT2D eigenvalue weighted by Crippen LogP contribution is 2.34. The highest BCUT2D eigenvalue weighted by molar-refractivity contribution is 5.80. The van der Waals surface area contributed by atoms with E-state index >= 15 is 0 Å². The van der Waals surface area contributed by atoms with Gasteiger partial charge < -0.3 is 24.8 Å². The molecular weight excluding hydrogens is 324 g/mol. The first-order valence-electron chi connectivity index (χ1n) is 8.72. The number of carbonyl (C=O) groups is 2. The van der Waals surface area contributed by atoms with Crippen molar-refractivity contribution in [3.05, 3.63) is 23.8 Å². The van der Waals surface area contributed by atoms with Gasteiger partial charge in [0, 0.05) is 25.2 Å². The molecule has 3 rings (SSSR count). The van der Waals surface area contributed by atoms with Gasteiger partial charge in [-0.15, -0.1) is 0 Å². The lowest BCUT2D eigenvalue weighted by Crippen LogP contribution is -2.49. The maximum Gasteiger partial charge on any atom is 0.320 e. The molecule has 136 valence electrons. The molecule has 0 radical (unpaired) electrons. The van der Waals surface area contributed by atoms with E-state index in [1.165, 1.54) is 0 Å². The average Bonchev–Trinajstić information content (AvgIpc) is 2.65. The van der Waals surface area contributed by atoms with Crippen molar-refractivity contribution >= 4 is 11.9 Å². The number of hydrogen-bond acceptors (Lipinski definition) is 5. The van der Waals surface area contributed by atoms with Crippen LogP contribution in [-0.2, 0) is 16.1 Å². The van der Waals surface area contributed by atoms with Crippen LogP contribution in [-0.4, -0.2) is 54.2 Å². The third kappa shape index (κ3) is 3.87. The van der Waals surface area contributed by atoms with Crippen molar-refractivity contribution in [3.63, 3.8) is 0 Å². The number of amides is 1. The van der Waals surface area contributed by atoms with E-state index in [9.17, 15) is 9.59 Å². The van der Waals surface area contributed by atoms with Crippen molar-refractivity contribution < 1.29 is 24.2 Å². The smallest absolute Gasteiger partial charge is 0.320 e. The zero-order chi connectivity index (χ0) is 17.8. The monoisotopic (exact) mass is 348 g/mol. The number of benzene rings is 1. The summed E-state index contributed by atoms with van der Waals surface area (Å²) in [6.07, 6.45) is 1.06. The predicted molar refractivity (Wildman–Crippen MR) is 90.7 cm³/mol. The third-order valence-corrected chi connectivity index (χ3v) is 4.76. The van der Waals surface area contributed by atoms with Crippen molar-refractivity contribution in [2.24, 2.45) is 5.92 Å². The second kappa shape index (κ2) is 7.74. The van der Waals surface area contributed by atoms with Crippen LogP contribution >= 0.6 is 0 Å². The molecule has 0 spiro atoms. The second-order valence-corrected chi connectivity index (χ2v) is 6.37. The number of rotatable bonds is 5. The van der Waals surface area contributed by atoms with Gasteiger partial charge in [0.1, 0.15) is 19.3 Å². The van der Waals surface area contributed by atoms with Crippen LogP contribution in [0.25, 0.3) is 0 Å². The Morgan fingerprint density at radius 3 is 2.76 bits per heavy atom. The number of carboxylic acids is 1. The molecule has 0 saturated carbocycles. The number of aliphatic carboxylic acids is 1. The lowest BCUT2D eigenvalue weighted by Gasteiger charge is -2.32. The van der Waals surface area contributed by atoms with Crippen LogP contribution in [0, 0.1) is 5.92 Å². The van der Waals surface area contributed by atoms with E-state index in [0.717, 1.165) is 11.3 Å². The highest BCUT2D eigenvalue weighted by atomic mass is 16.6. The Hall–Kier alpha value is -2.28. The molecule has 0 aromatic heterocycles. The highest BCUT2D eigenvalue weighted by Gasteiger charge is 2.31. The Morgan fingerprint density at radius 1 is 1.28 bits per heavy atom. The number of fused-ring (bicyclic) bond motifs is 1. The Kier molecular flexibility index (Phi) is 5.43. The van der Waals surface area contributed by atoms with Gasteiger partial charge in [-0.1, -0.05) is 12.1 Å². The van der Waals surface area contributed by atoms with Gasteiger partial charge in [0.15, 0.2) is 11.5 Å². The van der Waals surface area contributed by atoms with E-state index in [1.807, 2.05) is 25.1 Å². The molecule has 1 aromatic carbocycles. The van der Waals surface area contributed by atoms with Gasteiger partial charge in [0.05, 0.1) is 5.92 Å². The van der Waals surface area contributed by atoms with Gasteiger partial charge in [-0.25, -0.2) is 0 Å². The molecule has 2 N–H and O–H groups in total. The van der Waals surface area contributed by atoms with E-state index in [-0.39, 0.29) is 11.8 Å². The first-order chi connectivity index (χ1) is 12.1. The summed E-state index contributed by atoms with van der Waals surface area (Å²) in [5.74, 6) is 0.440. The average molecular weight is 348 g/mol. The first kappa shape index (κ1) is 17.5. The fraction of sp³-hybridized carbons (Fsp3) is 0.556. The molecule has 0 bridgehead atoms. The summed E-state index contributed by atoms with van der Waals surface area (Å²) in [5.41, 5.74) is 0.930. The minimum absolute atomic E-state index is 0.0492. The minimum atomic E-state index is -0.855. The van der Waals surface area contributed by atoms with Crippen molar-refractivity contribution in [2.75, 3.05) is 26.3 Å². The summed E-state index contributed by atoms with van der Waals surface area (Å²) in [5, 5.41) is 12.0. The molecule has 1 saturated heterocycles. The lowest BCUT2D eigenvalue weighted by molar-refractivity contribution is -0.143. The minimum Gasteiger partial charge on any atom is -0.486 e. The van der Waals surface area contributed by atoms with Crippen LogP contribution in [0.5, 0.6) is 11.5 Å². The number of nitrogens with one attached hydrogen (secondary N) is 1. The molecule has 2 atom stereocenters. The number of nitrogens with zero attached hydrogens (tertiary/aromatic N) is 1. The standard InChI is InChI=1S/C18H24N2O5/c1-2-20(17(21)12-6-7-14(18(22)23)19-10-12)11-13-4-3-5-15-16(13)25-9-8-24-15/h3-5,12,14,19H,2,6-11H2,1H3,(H,22,23). The van der Waals surface area contributed by atoms with Gasteiger partial charge in [-0.05, 0) is 25.8 Å². The summed E-state index contributed by atoms with van der Waals surface area (Å²) in [7, 11) is 0. The summed E-state index contributed by atoms with van der Waals surface area (Å²) < 4.78 is 11.3. The Labute approximate surface area is 146 Å².